The fourth-order valence-corrected chi connectivity index (χ4v) is 1.75. The van der Waals surface area contributed by atoms with E-state index < -0.39 is 0 Å². The second-order valence-electron chi connectivity index (χ2n) is 3.60. The lowest BCUT2D eigenvalue weighted by Crippen LogP contribution is -2.02. The van der Waals surface area contributed by atoms with E-state index in [1.807, 2.05) is 25.1 Å². The number of halogens is 1. The van der Waals surface area contributed by atoms with E-state index in [4.69, 9.17) is 10.2 Å². The number of hydrogen-bond donors (Lipinski definition) is 2. The largest absolute Gasteiger partial charge is 0.408 e. The number of rotatable bonds is 4. The Balaban J connectivity index is 2.16. The number of nitrogens with zero attached hydrogens (tertiary/aromatic N) is 2. The van der Waals surface area contributed by atoms with Gasteiger partial charge in [-0.2, -0.15) is 0 Å². The summed E-state index contributed by atoms with van der Waals surface area (Å²) < 4.78 is 6.37. The van der Waals surface area contributed by atoms with E-state index in [1.165, 1.54) is 0 Å². The summed E-state index contributed by atoms with van der Waals surface area (Å²) in [7, 11) is 0. The van der Waals surface area contributed by atoms with Crippen molar-refractivity contribution in [2.75, 3.05) is 11.9 Å². The molecule has 0 saturated carbocycles. The third-order valence-corrected chi connectivity index (χ3v) is 3.31. The van der Waals surface area contributed by atoms with Gasteiger partial charge in [-0.15, -0.1) is 5.10 Å². The van der Waals surface area contributed by atoms with Crippen molar-refractivity contribution < 1.29 is 4.42 Å². The van der Waals surface area contributed by atoms with Gasteiger partial charge in [-0.3, -0.25) is 0 Å². The second kappa shape index (κ2) is 5.29. The van der Waals surface area contributed by atoms with Gasteiger partial charge < -0.3 is 15.5 Å². The minimum absolute atomic E-state index is 0.375. The minimum Gasteiger partial charge on any atom is -0.408 e. The van der Waals surface area contributed by atoms with Gasteiger partial charge in [0.25, 0.3) is 0 Å². The summed E-state index contributed by atoms with van der Waals surface area (Å²) in [6, 6.07) is 6.28. The summed E-state index contributed by atoms with van der Waals surface area (Å²) in [5, 5.41) is 10.8. The van der Waals surface area contributed by atoms with Gasteiger partial charge in [0.1, 0.15) is 0 Å². The molecule has 3 N–H and O–H groups in total. The smallest absolute Gasteiger partial charge is 0.320 e. The van der Waals surface area contributed by atoms with Gasteiger partial charge in [-0.05, 0) is 34.5 Å². The monoisotopic (exact) mass is 296 g/mol. The van der Waals surface area contributed by atoms with Gasteiger partial charge >= 0.3 is 6.01 Å². The van der Waals surface area contributed by atoms with Crippen molar-refractivity contribution in [2.24, 2.45) is 5.73 Å². The molecule has 0 fully saturated rings. The van der Waals surface area contributed by atoms with Crippen LogP contribution in [-0.2, 0) is 6.42 Å². The minimum atomic E-state index is 0.375. The standard InChI is InChI=1S/C11H13BrN4O/c1-7-3-2-4-8(10(7)12)14-11-16-15-9(17-11)5-6-13/h2-4H,5-6,13H2,1H3,(H,14,16). The van der Waals surface area contributed by atoms with Crippen molar-refractivity contribution in [2.45, 2.75) is 13.3 Å². The highest BCUT2D eigenvalue weighted by Gasteiger charge is 2.08. The maximum atomic E-state index is 5.41. The van der Waals surface area contributed by atoms with E-state index in [0.29, 0.717) is 24.9 Å². The number of nitrogens with two attached hydrogens (primary N) is 1. The molecule has 90 valence electrons. The zero-order valence-electron chi connectivity index (χ0n) is 9.40. The van der Waals surface area contributed by atoms with Crippen LogP contribution in [0.5, 0.6) is 0 Å². The summed E-state index contributed by atoms with van der Waals surface area (Å²) >= 11 is 3.50. The van der Waals surface area contributed by atoms with Crippen LogP contribution in [0.15, 0.2) is 27.1 Å². The number of benzene rings is 1. The maximum Gasteiger partial charge on any atom is 0.320 e. The van der Waals surface area contributed by atoms with Crippen molar-refractivity contribution in [1.29, 1.82) is 0 Å². The zero-order valence-corrected chi connectivity index (χ0v) is 11.0. The number of anilines is 2. The van der Waals surface area contributed by atoms with Crippen LogP contribution in [-0.4, -0.2) is 16.7 Å². The van der Waals surface area contributed by atoms with Gasteiger partial charge in [0.15, 0.2) is 0 Å². The van der Waals surface area contributed by atoms with Gasteiger partial charge in [-0.1, -0.05) is 17.2 Å². The molecule has 5 nitrogen and oxygen atoms in total. The molecule has 1 heterocycles. The fraction of sp³-hybridized carbons (Fsp3) is 0.273. The number of aromatic nitrogens is 2. The molecule has 0 aliphatic rings. The second-order valence-corrected chi connectivity index (χ2v) is 4.39. The predicted molar refractivity (Wildman–Crippen MR) is 69.2 cm³/mol. The Morgan fingerprint density at radius 1 is 1.41 bits per heavy atom. The van der Waals surface area contributed by atoms with Gasteiger partial charge in [-0.25, -0.2) is 0 Å². The molecule has 0 atom stereocenters. The van der Waals surface area contributed by atoms with Crippen LogP contribution in [0.2, 0.25) is 0 Å². The molecule has 0 unspecified atom stereocenters. The molecule has 1 aromatic heterocycles. The molecule has 1 aromatic carbocycles. The van der Waals surface area contributed by atoms with Crippen molar-refractivity contribution >= 4 is 27.6 Å². The van der Waals surface area contributed by atoms with E-state index >= 15 is 0 Å². The zero-order chi connectivity index (χ0) is 12.3. The summed E-state index contributed by atoms with van der Waals surface area (Å²) in [4.78, 5) is 0. The first kappa shape index (κ1) is 12.1. The third-order valence-electron chi connectivity index (χ3n) is 2.26. The van der Waals surface area contributed by atoms with Crippen molar-refractivity contribution in [3.63, 3.8) is 0 Å². The molecule has 0 spiro atoms. The Morgan fingerprint density at radius 3 is 3.00 bits per heavy atom. The fourth-order valence-electron chi connectivity index (χ4n) is 1.39. The third kappa shape index (κ3) is 2.83. The Morgan fingerprint density at radius 2 is 2.24 bits per heavy atom. The first-order chi connectivity index (χ1) is 8.20. The molecule has 0 amide bonds. The van der Waals surface area contributed by atoms with Crippen LogP contribution in [0.1, 0.15) is 11.5 Å². The van der Waals surface area contributed by atoms with E-state index in [1.54, 1.807) is 0 Å². The Labute approximate surface area is 108 Å². The van der Waals surface area contributed by atoms with E-state index in [2.05, 4.69) is 31.4 Å². The topological polar surface area (TPSA) is 77.0 Å². The van der Waals surface area contributed by atoms with Gasteiger partial charge in [0.2, 0.25) is 5.89 Å². The Bertz CT molecular complexity index is 512. The average molecular weight is 297 g/mol. The lowest BCUT2D eigenvalue weighted by molar-refractivity contribution is 0.510. The SMILES string of the molecule is Cc1cccc(Nc2nnc(CCN)o2)c1Br. The molecule has 0 bridgehead atoms. The quantitative estimate of drug-likeness (QED) is 0.906. The molecule has 0 saturated heterocycles. The predicted octanol–water partition coefficient (Wildman–Crippen LogP) is 2.39. The van der Waals surface area contributed by atoms with Crippen LogP contribution in [0.3, 0.4) is 0 Å². The molecular weight excluding hydrogens is 284 g/mol. The van der Waals surface area contributed by atoms with Gasteiger partial charge in [0.05, 0.1) is 5.69 Å². The highest BCUT2D eigenvalue weighted by molar-refractivity contribution is 9.10. The van der Waals surface area contributed by atoms with E-state index in [9.17, 15) is 0 Å². The number of nitrogens with one attached hydrogen (secondary N) is 1. The average Bonchev–Trinajstić information content (AvgIpc) is 2.73. The molecule has 6 heteroatoms. The van der Waals surface area contributed by atoms with E-state index in [-0.39, 0.29) is 0 Å². The lowest BCUT2D eigenvalue weighted by atomic mass is 10.2. The molecular formula is C11H13BrN4O. The van der Waals surface area contributed by atoms with Crippen molar-refractivity contribution in [3.05, 3.63) is 34.1 Å². The molecule has 0 radical (unpaired) electrons. The summed E-state index contributed by atoms with van der Waals surface area (Å²) in [6.45, 7) is 2.51. The van der Waals surface area contributed by atoms with E-state index in [0.717, 1.165) is 15.7 Å². The summed E-state index contributed by atoms with van der Waals surface area (Å²) in [5.74, 6) is 0.541. The first-order valence-electron chi connectivity index (χ1n) is 5.25. The van der Waals surface area contributed by atoms with Crippen LogP contribution in [0.25, 0.3) is 0 Å². The van der Waals surface area contributed by atoms with Crippen LogP contribution in [0.4, 0.5) is 11.7 Å². The molecule has 17 heavy (non-hydrogen) atoms. The molecule has 0 aliphatic carbocycles. The number of hydrogen-bond acceptors (Lipinski definition) is 5. The van der Waals surface area contributed by atoms with Crippen molar-refractivity contribution in [3.8, 4) is 0 Å². The molecule has 2 rings (SSSR count). The molecule has 2 aromatic rings. The molecule has 0 aliphatic heterocycles. The Hall–Kier alpha value is -1.40. The summed E-state index contributed by atoms with van der Waals surface area (Å²) in [5.41, 5.74) is 7.44. The highest BCUT2D eigenvalue weighted by atomic mass is 79.9. The summed E-state index contributed by atoms with van der Waals surface area (Å²) in [6.07, 6.45) is 0.587. The van der Waals surface area contributed by atoms with Gasteiger partial charge in [0, 0.05) is 17.4 Å². The van der Waals surface area contributed by atoms with Crippen LogP contribution >= 0.6 is 15.9 Å². The Kier molecular flexibility index (Phi) is 3.75. The first-order valence-corrected chi connectivity index (χ1v) is 6.04. The lowest BCUT2D eigenvalue weighted by Gasteiger charge is -2.06. The highest BCUT2D eigenvalue weighted by Crippen LogP contribution is 2.28. The van der Waals surface area contributed by atoms with Crippen molar-refractivity contribution in [1.82, 2.24) is 10.2 Å². The van der Waals surface area contributed by atoms with Crippen LogP contribution in [0, 0.1) is 6.92 Å². The number of aryl methyl sites for hydroxylation is 1. The van der Waals surface area contributed by atoms with Crippen LogP contribution < -0.4 is 11.1 Å². The maximum absolute atomic E-state index is 5.41. The normalized spacial score (nSPS) is 10.5.